The zero-order valence-electron chi connectivity index (χ0n) is 8.43. The van der Waals surface area contributed by atoms with Crippen LogP contribution in [-0.2, 0) is 4.74 Å². The minimum atomic E-state index is -0.855. The fraction of sp³-hybridized carbons (Fsp3) is 0.778. The van der Waals surface area contributed by atoms with E-state index >= 15 is 0 Å². The lowest BCUT2D eigenvalue weighted by atomic mass is 10.00. The van der Waals surface area contributed by atoms with Crippen LogP contribution in [0.5, 0.6) is 0 Å². The van der Waals surface area contributed by atoms with Crippen LogP contribution in [0.2, 0.25) is 0 Å². The summed E-state index contributed by atoms with van der Waals surface area (Å²) in [5, 5.41) is 13.2. The van der Waals surface area contributed by atoms with Crippen LogP contribution < -0.4 is 5.73 Å². The average molecular weight is 213 g/mol. The summed E-state index contributed by atoms with van der Waals surface area (Å²) in [6.45, 7) is 1.55. The largest absolute Gasteiger partial charge is 0.382 e. The van der Waals surface area contributed by atoms with Crippen LogP contribution in [0.1, 0.15) is 36.6 Å². The molecule has 3 N–H and O–H groups in total. The van der Waals surface area contributed by atoms with E-state index in [4.69, 9.17) is 15.0 Å². The van der Waals surface area contributed by atoms with E-state index in [-0.39, 0.29) is 18.4 Å². The molecule has 1 aromatic heterocycles. The third-order valence-electron chi connectivity index (χ3n) is 2.55. The summed E-state index contributed by atoms with van der Waals surface area (Å²) in [7, 11) is 0. The van der Waals surface area contributed by atoms with Crippen molar-refractivity contribution < 1.29 is 14.4 Å². The summed E-state index contributed by atoms with van der Waals surface area (Å²) < 4.78 is 10.2. The van der Waals surface area contributed by atoms with Crippen molar-refractivity contribution in [3.63, 3.8) is 0 Å². The standard InChI is InChI=1S/C9H15N3O3/c10-5-7(13)9-11-8(12-15-9)6-1-3-14-4-2-6/h6-7,13H,1-5,10H2. The molecule has 0 bridgehead atoms. The van der Waals surface area contributed by atoms with E-state index < -0.39 is 6.10 Å². The highest BCUT2D eigenvalue weighted by Crippen LogP contribution is 2.25. The molecular weight excluding hydrogens is 198 g/mol. The molecule has 0 aliphatic carbocycles. The first-order valence-electron chi connectivity index (χ1n) is 5.10. The Morgan fingerprint density at radius 1 is 1.47 bits per heavy atom. The van der Waals surface area contributed by atoms with Gasteiger partial charge in [0, 0.05) is 25.7 Å². The third-order valence-corrected chi connectivity index (χ3v) is 2.55. The van der Waals surface area contributed by atoms with Crippen LogP contribution in [0, 0.1) is 0 Å². The monoisotopic (exact) mass is 213 g/mol. The number of nitrogens with two attached hydrogens (primary N) is 1. The third kappa shape index (κ3) is 2.34. The summed E-state index contributed by atoms with van der Waals surface area (Å²) in [6.07, 6.45) is 0.946. The van der Waals surface area contributed by atoms with Crippen molar-refractivity contribution in [2.45, 2.75) is 24.9 Å². The van der Waals surface area contributed by atoms with Crippen molar-refractivity contribution in [1.29, 1.82) is 0 Å². The lowest BCUT2D eigenvalue weighted by molar-refractivity contribution is 0.0830. The molecule has 6 nitrogen and oxygen atoms in total. The molecule has 0 radical (unpaired) electrons. The number of ether oxygens (including phenoxy) is 1. The molecule has 1 saturated heterocycles. The molecular formula is C9H15N3O3. The second kappa shape index (κ2) is 4.69. The second-order valence-corrected chi connectivity index (χ2v) is 3.63. The molecule has 6 heteroatoms. The van der Waals surface area contributed by atoms with Crippen molar-refractivity contribution in [2.24, 2.45) is 5.73 Å². The molecule has 0 saturated carbocycles. The first kappa shape index (κ1) is 10.5. The van der Waals surface area contributed by atoms with Crippen molar-refractivity contribution >= 4 is 0 Å². The Kier molecular flexibility index (Phi) is 3.30. The van der Waals surface area contributed by atoms with Crippen LogP contribution in [-0.4, -0.2) is 35.0 Å². The normalized spacial score (nSPS) is 20.4. The number of hydrogen-bond donors (Lipinski definition) is 2. The zero-order valence-corrected chi connectivity index (χ0v) is 8.43. The number of aliphatic hydroxyl groups is 1. The van der Waals surface area contributed by atoms with E-state index in [2.05, 4.69) is 10.1 Å². The summed E-state index contributed by atoms with van der Waals surface area (Å²) in [6, 6.07) is 0. The van der Waals surface area contributed by atoms with Crippen LogP contribution in [0.15, 0.2) is 4.52 Å². The van der Waals surface area contributed by atoms with Crippen LogP contribution in [0.4, 0.5) is 0 Å². The zero-order chi connectivity index (χ0) is 10.7. The Morgan fingerprint density at radius 2 is 2.20 bits per heavy atom. The average Bonchev–Trinajstić information content (AvgIpc) is 2.78. The molecule has 0 spiro atoms. The van der Waals surface area contributed by atoms with Gasteiger partial charge in [0.05, 0.1) is 0 Å². The van der Waals surface area contributed by atoms with Gasteiger partial charge in [-0.05, 0) is 12.8 Å². The number of nitrogens with zero attached hydrogens (tertiary/aromatic N) is 2. The van der Waals surface area contributed by atoms with E-state index in [1.807, 2.05) is 0 Å². The topological polar surface area (TPSA) is 94.4 Å². The summed E-state index contributed by atoms with van der Waals surface area (Å²) in [5.41, 5.74) is 5.29. The van der Waals surface area contributed by atoms with E-state index in [0.29, 0.717) is 5.82 Å². The van der Waals surface area contributed by atoms with Crippen LogP contribution in [0.3, 0.4) is 0 Å². The van der Waals surface area contributed by atoms with Crippen molar-refractivity contribution in [2.75, 3.05) is 19.8 Å². The summed E-state index contributed by atoms with van der Waals surface area (Å²) in [5.74, 6) is 1.14. The van der Waals surface area contributed by atoms with Gasteiger partial charge in [0.2, 0.25) is 0 Å². The van der Waals surface area contributed by atoms with Crippen LogP contribution in [0.25, 0.3) is 0 Å². The Bertz CT molecular complexity index is 309. The molecule has 0 amide bonds. The van der Waals surface area contributed by atoms with Gasteiger partial charge >= 0.3 is 0 Å². The van der Waals surface area contributed by atoms with Gasteiger partial charge in [0.15, 0.2) is 5.82 Å². The maximum Gasteiger partial charge on any atom is 0.256 e. The van der Waals surface area contributed by atoms with Crippen molar-refractivity contribution in [1.82, 2.24) is 10.1 Å². The lowest BCUT2D eigenvalue weighted by Crippen LogP contribution is -2.15. The van der Waals surface area contributed by atoms with Gasteiger partial charge in [0.1, 0.15) is 6.10 Å². The number of hydrogen-bond acceptors (Lipinski definition) is 6. The van der Waals surface area contributed by atoms with Crippen molar-refractivity contribution in [3.05, 3.63) is 11.7 Å². The number of aromatic nitrogens is 2. The molecule has 1 aromatic rings. The lowest BCUT2D eigenvalue weighted by Gasteiger charge is -2.18. The van der Waals surface area contributed by atoms with Gasteiger partial charge in [-0.15, -0.1) is 0 Å². The van der Waals surface area contributed by atoms with E-state index in [0.717, 1.165) is 26.1 Å². The maximum absolute atomic E-state index is 9.40. The first-order chi connectivity index (χ1) is 7.31. The number of aliphatic hydroxyl groups excluding tert-OH is 1. The van der Waals surface area contributed by atoms with E-state index in [1.54, 1.807) is 0 Å². The van der Waals surface area contributed by atoms with Gasteiger partial charge in [-0.2, -0.15) is 4.98 Å². The minimum Gasteiger partial charge on any atom is -0.382 e. The highest BCUT2D eigenvalue weighted by molar-refractivity contribution is 4.98. The second-order valence-electron chi connectivity index (χ2n) is 3.63. The minimum absolute atomic E-state index is 0.0927. The Balaban J connectivity index is 2.05. The van der Waals surface area contributed by atoms with Crippen LogP contribution >= 0.6 is 0 Å². The van der Waals surface area contributed by atoms with Gasteiger partial charge in [-0.1, -0.05) is 5.16 Å². The highest BCUT2D eigenvalue weighted by Gasteiger charge is 2.23. The molecule has 15 heavy (non-hydrogen) atoms. The van der Waals surface area contributed by atoms with Gasteiger partial charge in [-0.3, -0.25) is 0 Å². The molecule has 1 atom stereocenters. The molecule has 2 rings (SSSR count). The Hall–Kier alpha value is -0.980. The molecule has 1 unspecified atom stereocenters. The SMILES string of the molecule is NCC(O)c1nc(C2CCOCC2)no1. The predicted octanol–water partition coefficient (Wildman–Crippen LogP) is -0.0443. The Labute approximate surface area is 87.4 Å². The molecule has 1 aliphatic heterocycles. The van der Waals surface area contributed by atoms with Gasteiger partial charge in [-0.25, -0.2) is 0 Å². The van der Waals surface area contributed by atoms with Gasteiger partial charge in [0.25, 0.3) is 5.89 Å². The van der Waals surface area contributed by atoms with Gasteiger partial charge < -0.3 is 20.1 Å². The highest BCUT2D eigenvalue weighted by atomic mass is 16.5. The molecule has 84 valence electrons. The first-order valence-corrected chi connectivity index (χ1v) is 5.10. The maximum atomic E-state index is 9.40. The Morgan fingerprint density at radius 3 is 2.87 bits per heavy atom. The quantitative estimate of drug-likeness (QED) is 0.731. The van der Waals surface area contributed by atoms with Crippen molar-refractivity contribution in [3.8, 4) is 0 Å². The molecule has 1 fully saturated rings. The molecule has 1 aliphatic rings. The molecule has 0 aromatic carbocycles. The number of rotatable bonds is 3. The predicted molar refractivity (Wildman–Crippen MR) is 51.1 cm³/mol. The summed E-state index contributed by atoms with van der Waals surface area (Å²) in [4.78, 5) is 4.14. The fourth-order valence-electron chi connectivity index (χ4n) is 1.61. The molecule has 2 heterocycles. The van der Waals surface area contributed by atoms with E-state index in [1.165, 1.54) is 0 Å². The fourth-order valence-corrected chi connectivity index (χ4v) is 1.61. The smallest absolute Gasteiger partial charge is 0.256 e. The summed E-state index contributed by atoms with van der Waals surface area (Å²) >= 11 is 0. The van der Waals surface area contributed by atoms with E-state index in [9.17, 15) is 5.11 Å².